The molecule has 0 aliphatic carbocycles. The first kappa shape index (κ1) is 24.4. The van der Waals surface area contributed by atoms with Crippen molar-refractivity contribution in [3.05, 3.63) is 4.88 Å². The second kappa shape index (κ2) is 9.25. The number of ether oxygens (including phenoxy) is 1. The summed E-state index contributed by atoms with van der Waals surface area (Å²) in [4.78, 5) is 11.9. The summed E-state index contributed by atoms with van der Waals surface area (Å²) in [6.07, 6.45) is 1.64. The minimum atomic E-state index is -4.00. The smallest absolute Gasteiger partial charge is 0.350 e. The van der Waals surface area contributed by atoms with Crippen molar-refractivity contribution in [1.82, 2.24) is 0 Å². The topological polar surface area (TPSA) is 143 Å². The van der Waals surface area contributed by atoms with Crippen LogP contribution in [0.15, 0.2) is 14.2 Å². The number of thioether (sulfide) groups is 1. The zero-order valence-electron chi connectivity index (χ0n) is 16.1. The highest BCUT2D eigenvalue weighted by Crippen LogP contribution is 2.43. The molecule has 0 saturated heterocycles. The number of thiophene rings is 1. The standard InChI is InChI=1S/C15H21N3O6S4/c1-8(2)27(20,21)10(7-16)17-18-11-12(14(19)24-5)26-15(25-6)13(11)28(22,23)9(3)4/h8-9,18H,1-6H3/b17-10-. The lowest BCUT2D eigenvalue weighted by atomic mass is 10.4. The molecular formula is C15H21N3O6S4. The maximum absolute atomic E-state index is 12.8. The molecule has 13 heteroatoms. The number of carbonyl (C=O) groups is 1. The van der Waals surface area contributed by atoms with E-state index in [0.717, 1.165) is 30.2 Å². The number of rotatable bonds is 7. The van der Waals surface area contributed by atoms with Crippen molar-refractivity contribution in [3.63, 3.8) is 0 Å². The summed E-state index contributed by atoms with van der Waals surface area (Å²) >= 11 is 1.99. The van der Waals surface area contributed by atoms with Crippen molar-refractivity contribution in [3.8, 4) is 6.07 Å². The molecule has 0 fully saturated rings. The molecule has 156 valence electrons. The number of hydrogen-bond donors (Lipinski definition) is 1. The van der Waals surface area contributed by atoms with E-state index in [0.29, 0.717) is 4.21 Å². The van der Waals surface area contributed by atoms with Gasteiger partial charge in [0.2, 0.25) is 9.84 Å². The molecular weight excluding hydrogens is 446 g/mol. The van der Waals surface area contributed by atoms with Gasteiger partial charge in [-0.05, 0) is 34.0 Å². The molecule has 0 bridgehead atoms. The summed E-state index contributed by atoms with van der Waals surface area (Å²) in [5.74, 6) is -0.812. The third kappa shape index (κ3) is 4.68. The summed E-state index contributed by atoms with van der Waals surface area (Å²) in [6, 6.07) is 1.49. The monoisotopic (exact) mass is 467 g/mol. The Kier molecular flexibility index (Phi) is 8.07. The van der Waals surface area contributed by atoms with Crippen molar-refractivity contribution in [2.45, 2.75) is 47.3 Å². The van der Waals surface area contributed by atoms with Crippen LogP contribution in [0.3, 0.4) is 0 Å². The van der Waals surface area contributed by atoms with Crippen LogP contribution in [-0.4, -0.2) is 51.7 Å². The van der Waals surface area contributed by atoms with Crippen LogP contribution in [0.5, 0.6) is 0 Å². The van der Waals surface area contributed by atoms with Gasteiger partial charge in [0, 0.05) is 0 Å². The largest absolute Gasteiger partial charge is 0.465 e. The number of nitriles is 1. The van der Waals surface area contributed by atoms with Crippen molar-refractivity contribution in [2.75, 3.05) is 18.8 Å². The summed E-state index contributed by atoms with van der Waals surface area (Å²) in [6.45, 7) is 5.72. The van der Waals surface area contributed by atoms with Gasteiger partial charge in [-0.2, -0.15) is 10.4 Å². The zero-order chi connectivity index (χ0) is 21.9. The Hall–Kier alpha value is -1.62. The molecule has 1 N–H and O–H groups in total. The van der Waals surface area contributed by atoms with E-state index in [1.807, 2.05) is 0 Å². The van der Waals surface area contributed by atoms with Crippen LogP contribution >= 0.6 is 23.1 Å². The normalized spacial score (nSPS) is 12.9. The Balaban J connectivity index is 3.78. The maximum Gasteiger partial charge on any atom is 0.350 e. The fourth-order valence-corrected chi connectivity index (χ4v) is 6.53. The van der Waals surface area contributed by atoms with E-state index in [-0.39, 0.29) is 15.5 Å². The molecule has 0 spiro atoms. The molecule has 0 unspecified atom stereocenters. The minimum absolute atomic E-state index is 0.0888. The number of nitrogens with zero attached hydrogens (tertiary/aromatic N) is 2. The molecule has 0 amide bonds. The van der Waals surface area contributed by atoms with Crippen molar-refractivity contribution in [2.24, 2.45) is 5.10 Å². The van der Waals surface area contributed by atoms with Crippen molar-refractivity contribution >= 4 is 59.5 Å². The molecule has 0 radical (unpaired) electrons. The van der Waals surface area contributed by atoms with Crippen LogP contribution in [-0.2, 0) is 24.4 Å². The Morgan fingerprint density at radius 1 is 1.21 bits per heavy atom. The Morgan fingerprint density at radius 2 is 1.79 bits per heavy atom. The van der Waals surface area contributed by atoms with Gasteiger partial charge in [0.05, 0.1) is 21.8 Å². The van der Waals surface area contributed by atoms with Crippen LogP contribution in [0.1, 0.15) is 37.4 Å². The average Bonchev–Trinajstić information content (AvgIpc) is 3.00. The van der Waals surface area contributed by atoms with Crippen LogP contribution in [0.2, 0.25) is 0 Å². The summed E-state index contributed by atoms with van der Waals surface area (Å²) in [5.41, 5.74) is 2.12. The number of carbonyl (C=O) groups excluding carboxylic acids is 1. The molecule has 0 aromatic carbocycles. The number of nitrogens with one attached hydrogen (secondary N) is 1. The summed E-state index contributed by atoms with van der Waals surface area (Å²) in [5, 5.41) is 10.2. The predicted octanol–water partition coefficient (Wildman–Crippen LogP) is 2.51. The second-order valence-corrected chi connectivity index (χ2v) is 12.9. The highest BCUT2D eigenvalue weighted by atomic mass is 32.2. The Bertz CT molecular complexity index is 1030. The fraction of sp³-hybridized carbons (Fsp3) is 0.533. The number of hydrazone groups is 1. The molecule has 1 heterocycles. The van der Waals surface area contributed by atoms with Gasteiger partial charge in [0.25, 0.3) is 5.04 Å². The number of esters is 1. The highest BCUT2D eigenvalue weighted by Gasteiger charge is 2.34. The van der Waals surface area contributed by atoms with E-state index in [1.54, 1.807) is 6.26 Å². The average molecular weight is 468 g/mol. The lowest BCUT2D eigenvalue weighted by Gasteiger charge is -2.12. The lowest BCUT2D eigenvalue weighted by molar-refractivity contribution is 0.0607. The fourth-order valence-electron chi connectivity index (χ4n) is 1.84. The Morgan fingerprint density at radius 3 is 2.18 bits per heavy atom. The number of hydrogen-bond acceptors (Lipinski definition) is 11. The van der Waals surface area contributed by atoms with Gasteiger partial charge in [-0.15, -0.1) is 23.1 Å². The number of methoxy groups -OCH3 is 1. The maximum atomic E-state index is 12.8. The molecule has 9 nitrogen and oxygen atoms in total. The predicted molar refractivity (Wildman–Crippen MR) is 110 cm³/mol. The van der Waals surface area contributed by atoms with Gasteiger partial charge in [-0.1, -0.05) is 0 Å². The van der Waals surface area contributed by atoms with E-state index >= 15 is 0 Å². The minimum Gasteiger partial charge on any atom is -0.465 e. The van der Waals surface area contributed by atoms with Crippen LogP contribution < -0.4 is 5.43 Å². The van der Waals surface area contributed by atoms with Crippen LogP contribution in [0.25, 0.3) is 0 Å². The molecule has 0 aliphatic heterocycles. The van der Waals surface area contributed by atoms with E-state index in [9.17, 15) is 26.9 Å². The number of sulfone groups is 2. The zero-order valence-corrected chi connectivity index (χ0v) is 19.4. The van der Waals surface area contributed by atoms with Crippen molar-refractivity contribution in [1.29, 1.82) is 5.26 Å². The third-order valence-electron chi connectivity index (χ3n) is 3.55. The summed E-state index contributed by atoms with van der Waals surface area (Å²) < 4.78 is 55.1. The van der Waals surface area contributed by atoms with E-state index < -0.39 is 41.2 Å². The van der Waals surface area contributed by atoms with Crippen LogP contribution in [0, 0.1) is 11.3 Å². The molecule has 0 saturated carbocycles. The number of anilines is 1. The van der Waals surface area contributed by atoms with Crippen LogP contribution in [0.4, 0.5) is 5.69 Å². The second-order valence-electron chi connectivity index (χ2n) is 5.95. The molecule has 28 heavy (non-hydrogen) atoms. The molecule has 1 rings (SSSR count). The van der Waals surface area contributed by atoms with Crippen molar-refractivity contribution < 1.29 is 26.4 Å². The lowest BCUT2D eigenvalue weighted by Crippen LogP contribution is -2.24. The van der Waals surface area contributed by atoms with Gasteiger partial charge in [0.1, 0.15) is 21.5 Å². The van der Waals surface area contributed by atoms with E-state index in [1.165, 1.54) is 33.8 Å². The highest BCUT2D eigenvalue weighted by molar-refractivity contribution is 8.07. The molecule has 1 aromatic rings. The molecule has 0 aliphatic rings. The SMILES string of the molecule is COC(=O)c1sc(SC)c(S(=O)(=O)C(C)C)c1N/N=C(/C#N)S(=O)(=O)C(C)C. The molecule has 0 atom stereocenters. The molecule has 1 aromatic heterocycles. The summed E-state index contributed by atoms with van der Waals surface area (Å²) in [7, 11) is -6.73. The quantitative estimate of drug-likeness (QED) is 0.210. The first-order chi connectivity index (χ1) is 12.9. The van der Waals surface area contributed by atoms with Gasteiger partial charge in [-0.25, -0.2) is 21.6 Å². The van der Waals surface area contributed by atoms with Gasteiger partial charge in [0.15, 0.2) is 9.84 Å². The van der Waals surface area contributed by atoms with E-state index in [2.05, 4.69) is 10.5 Å². The first-order valence-corrected chi connectivity index (χ1v) is 13.0. The third-order valence-corrected chi connectivity index (χ3v) is 10.3. The van der Waals surface area contributed by atoms with E-state index in [4.69, 9.17) is 4.74 Å². The van der Waals surface area contributed by atoms with Gasteiger partial charge in [-0.3, -0.25) is 5.43 Å². The van der Waals surface area contributed by atoms with Gasteiger partial charge >= 0.3 is 5.97 Å². The van der Waals surface area contributed by atoms with Gasteiger partial charge < -0.3 is 4.74 Å². The first-order valence-electron chi connectivity index (χ1n) is 7.86. The Labute approximate surface area is 173 Å².